The van der Waals surface area contributed by atoms with E-state index in [-0.39, 0.29) is 11.8 Å². The molecule has 0 N–H and O–H groups in total. The zero-order valence-electron chi connectivity index (χ0n) is 42.1. The zero-order valence-corrected chi connectivity index (χ0v) is 42.1. The first-order valence-electron chi connectivity index (χ1n) is 29.9. The summed E-state index contributed by atoms with van der Waals surface area (Å²) in [5.74, 6) is 0.0125. The monoisotopic (exact) mass is 1010 g/mol. The third kappa shape index (κ3) is 1.82. The first kappa shape index (κ1) is 32.1. The number of aliphatic imine (C=N–C) groups is 1. The molecule has 5 aliphatic carbocycles. The number of ketones is 1. The van der Waals surface area contributed by atoms with Crippen LogP contribution >= 0.6 is 0 Å². The van der Waals surface area contributed by atoms with Crippen molar-refractivity contribution in [1.29, 1.82) is 5.26 Å². The molecule has 1 aliphatic heterocycles. The lowest BCUT2D eigenvalue weighted by Crippen LogP contribution is -2.52. The second kappa shape index (κ2) is 7.59. The molecule has 30 aromatic carbocycles. The summed E-state index contributed by atoms with van der Waals surface area (Å²) in [6, 6.07) is 14.6. The molecule has 4 heteroatoms. The van der Waals surface area contributed by atoms with Crippen LogP contribution < -0.4 is 0 Å². The van der Waals surface area contributed by atoms with Gasteiger partial charge in [0.05, 0.1) is 16.5 Å². The highest BCUT2D eigenvalue weighted by atomic mass is 16.1. The average Bonchev–Trinajstić information content (AvgIpc) is 1.39. The molecule has 0 aromatic heterocycles. The Morgan fingerprint density at radius 1 is 0.366 bits per heavy atom. The van der Waals surface area contributed by atoms with Crippen LogP contribution in [0.15, 0.2) is 47.5 Å². The van der Waals surface area contributed by atoms with E-state index in [2.05, 4.69) is 41.3 Å². The minimum absolute atomic E-state index is 0.0125. The van der Waals surface area contributed by atoms with E-state index < -0.39 is 10.8 Å². The van der Waals surface area contributed by atoms with Gasteiger partial charge in [-0.05, 0) is 332 Å². The molecule has 1 heterocycles. The minimum Gasteiger partial charge on any atom is -0.297 e. The van der Waals surface area contributed by atoms with Crippen LogP contribution in [0, 0.1) is 11.5 Å². The van der Waals surface area contributed by atoms with Gasteiger partial charge in [0.25, 0.3) is 0 Å². The van der Waals surface area contributed by atoms with Crippen LogP contribution in [0.25, 0.3) is 291 Å². The van der Waals surface area contributed by atoms with Crippen LogP contribution in [-0.2, 0) is 10.8 Å². The molecule has 0 amide bonds. The first-order chi connectivity index (χ1) is 40.7. The van der Waals surface area contributed by atoms with Gasteiger partial charge in [-0.2, -0.15) is 10.3 Å². The van der Waals surface area contributed by atoms with Crippen molar-refractivity contribution in [3.63, 3.8) is 0 Å². The van der Waals surface area contributed by atoms with E-state index in [0.717, 1.165) is 17.7 Å². The Bertz CT molecular complexity index is 8150. The van der Waals surface area contributed by atoms with Crippen molar-refractivity contribution in [3.05, 3.63) is 92.5 Å². The van der Waals surface area contributed by atoms with Gasteiger partial charge in [0.1, 0.15) is 0 Å². The van der Waals surface area contributed by atoms with Crippen LogP contribution in [0.5, 0.6) is 0 Å². The number of nitriles is 1. The smallest absolute Gasteiger partial charge is 0.206 e. The van der Waals surface area contributed by atoms with Gasteiger partial charge in [0.15, 0.2) is 5.78 Å². The van der Waals surface area contributed by atoms with Crippen molar-refractivity contribution in [2.24, 2.45) is 4.99 Å². The summed E-state index contributed by atoms with van der Waals surface area (Å²) in [7, 11) is 2.49. The van der Waals surface area contributed by atoms with Gasteiger partial charge >= 0.3 is 0 Å². The van der Waals surface area contributed by atoms with Gasteiger partial charge in [-0.25, -0.2) is 0 Å². The lowest BCUT2D eigenvalue weighted by atomic mass is 9.47. The molecule has 1 unspecified atom stereocenters. The Labute approximate surface area is 448 Å². The fourth-order valence-corrected chi connectivity index (χ4v) is 28.0. The van der Waals surface area contributed by atoms with Crippen LogP contribution in [0.4, 0.5) is 0 Å². The number of nitrogens with zero attached hydrogens (tertiary/aromatic N) is 3. The van der Waals surface area contributed by atoms with Gasteiger partial charge in [-0.15, -0.1) is 0 Å². The molecule has 0 bridgehead atoms. The highest BCUT2D eigenvalue weighted by molar-refractivity contribution is 6.82. The number of benzene rings is 20. The van der Waals surface area contributed by atoms with Crippen LogP contribution in [0.2, 0.25) is 0 Å². The van der Waals surface area contributed by atoms with Crippen LogP contribution in [0.3, 0.4) is 0 Å². The second-order valence-corrected chi connectivity index (χ2v) is 29.0. The summed E-state index contributed by atoms with van der Waals surface area (Å²) in [6.07, 6.45) is 2.22. The number of fused-ring (bicyclic) bond motifs is 2. The minimum atomic E-state index is -0.537. The molecule has 82 heavy (non-hydrogen) atoms. The van der Waals surface area contributed by atoms with Gasteiger partial charge in [-0.3, -0.25) is 9.69 Å². The summed E-state index contributed by atoms with van der Waals surface area (Å²) in [5, 5.41) is 97.3. The number of likely N-dealkylation sites (N-methyl/N-ethyl adjacent to an activating group) is 1. The normalized spacial score (nSPS) is 23.1. The second-order valence-electron chi connectivity index (χ2n) is 29.0. The predicted octanol–water partition coefficient (Wildman–Crippen LogP) is 18.8. The number of hydrogen-bond acceptors (Lipinski definition) is 4. The van der Waals surface area contributed by atoms with Crippen molar-refractivity contribution in [2.75, 3.05) is 13.6 Å². The quantitative estimate of drug-likeness (QED) is 0.122. The maximum absolute atomic E-state index is 14.8. The maximum atomic E-state index is 14.8. The molecule has 4 nitrogen and oxygen atoms in total. The van der Waals surface area contributed by atoms with Crippen molar-refractivity contribution < 1.29 is 4.79 Å². The standard InChI is InChI=1S/C78H13N3O/c1-81-9-77-70-62-54-44-34-26-18-16-17-20-24-22(18)30-38-32(24)42-36-28(20)29-21(17)25-23-19(16)27(26)35-41-31(23)39-33(25)43-37(29)47-46(36)58-52(42)60-50(38)56(48(54)40(30)34)64(70)66(60)72-68(58)69-59(47)53(43)61-51(39)57-49(41)55(45(35)44)63(62)71(77)65(57)67(61)73(69)78(72,77)76(81)11-6-7-14-15(8-11)74(80-10-79)12-4-2-3-5-13(12)75(14)82/h2-8,76H,9H2,1H3. The van der Waals surface area contributed by atoms with Gasteiger partial charge < -0.3 is 0 Å². The van der Waals surface area contributed by atoms with E-state index in [0.29, 0.717) is 16.8 Å². The number of rotatable bonds is 1. The Balaban J connectivity index is 0.981. The van der Waals surface area contributed by atoms with E-state index in [1.54, 1.807) is 313 Å². The molecular weight excluding hydrogens is 995 g/mol. The molecule has 0 saturated carbocycles. The molecule has 346 valence electrons. The molecule has 0 radical (unpaired) electrons. The highest BCUT2D eigenvalue weighted by Crippen LogP contribution is 2.87. The topological polar surface area (TPSA) is 56.5 Å². The Hall–Kier alpha value is -10.3. The Morgan fingerprint density at radius 2 is 0.634 bits per heavy atom. The van der Waals surface area contributed by atoms with E-state index >= 15 is 0 Å². The summed E-state index contributed by atoms with van der Waals surface area (Å²) < 4.78 is 0. The number of hydrogen-bond donors (Lipinski definition) is 0. The lowest BCUT2D eigenvalue weighted by molar-refractivity contribution is 0.103. The van der Waals surface area contributed by atoms with E-state index in [4.69, 9.17) is 0 Å². The van der Waals surface area contributed by atoms with Crippen LogP contribution in [-0.4, -0.2) is 30.0 Å². The van der Waals surface area contributed by atoms with E-state index in [9.17, 15) is 10.1 Å². The highest BCUT2D eigenvalue weighted by Gasteiger charge is 2.76. The number of likely N-dealkylation sites (tertiary alicyclic amines) is 1. The largest absolute Gasteiger partial charge is 0.297 e. The summed E-state index contributed by atoms with van der Waals surface area (Å²) in [4.78, 5) is 22.3. The SMILES string of the molecule is CN1CC23c4c5c6c7c8c9c(c%10c%11c2c2c4c4c%12c5c5c6c6c8c8c%13c9c9c%10c%10c%11c%11c2c2c4c4c%12c%12c5c5c6c8c6c8c%13c9c9c%10c%10c%11c2c2c4c4c%12c5c6c5c8c9c%10c2c45)C73C1c1ccc2c(c1)C(=NC#N)c1ccccc1C2=O. The molecule has 1 saturated heterocycles. The third-order valence-corrected chi connectivity index (χ3v) is 28.4. The van der Waals surface area contributed by atoms with Gasteiger partial charge in [0, 0.05) is 34.8 Å². The van der Waals surface area contributed by atoms with Crippen molar-refractivity contribution in [2.45, 2.75) is 16.9 Å². The van der Waals surface area contributed by atoms with Crippen molar-refractivity contribution in [3.8, 4) is 6.19 Å². The molecule has 2 spiro atoms. The van der Waals surface area contributed by atoms with Gasteiger partial charge in [0.2, 0.25) is 6.19 Å². The molecule has 1 fully saturated rings. The predicted molar refractivity (Wildman–Crippen MR) is 337 cm³/mol. The summed E-state index contributed by atoms with van der Waals surface area (Å²) in [6.45, 7) is 0.894. The maximum Gasteiger partial charge on any atom is 0.206 e. The fraction of sp³-hybridized carbons (Fsp3) is 0.0641. The molecule has 6 aliphatic rings. The Morgan fingerprint density at radius 3 is 0.939 bits per heavy atom. The number of carbonyl (C=O) groups is 1. The van der Waals surface area contributed by atoms with E-state index in [1.165, 1.54) is 5.56 Å². The molecule has 1 atom stereocenters. The summed E-state index contributed by atoms with van der Waals surface area (Å²) >= 11 is 0. The molecule has 30 aromatic rings. The number of carbonyl (C=O) groups excluding carboxylic acids is 1. The van der Waals surface area contributed by atoms with Crippen LogP contribution in [0.1, 0.15) is 60.9 Å². The van der Waals surface area contributed by atoms with E-state index in [1.807, 2.05) is 24.3 Å². The Kier molecular flexibility index (Phi) is 2.97. The zero-order chi connectivity index (χ0) is 49.8. The first-order valence-corrected chi connectivity index (χ1v) is 29.9. The van der Waals surface area contributed by atoms with Crippen molar-refractivity contribution in [1.82, 2.24) is 4.90 Å². The van der Waals surface area contributed by atoms with Crippen molar-refractivity contribution >= 4 is 302 Å². The fourth-order valence-electron chi connectivity index (χ4n) is 28.0. The molecular formula is C78H13N3O. The lowest BCUT2D eigenvalue weighted by Gasteiger charge is -2.52. The molecule has 36 rings (SSSR count). The average molecular weight is 1010 g/mol. The van der Waals surface area contributed by atoms with Gasteiger partial charge in [-0.1, -0.05) is 36.4 Å². The summed E-state index contributed by atoms with van der Waals surface area (Å²) in [5.41, 5.74) is 10.3. The third-order valence-electron chi connectivity index (χ3n) is 28.4.